The number of thiophene rings is 1. The SMILES string of the molecule is CCCC1CN(CCc2ccc(Cl)s2)C(C)CN1. The number of nitrogens with one attached hydrogen (secondary N) is 1. The third-order valence-corrected chi connectivity index (χ3v) is 4.98. The van der Waals surface area contributed by atoms with E-state index in [2.05, 4.69) is 30.1 Å². The van der Waals surface area contributed by atoms with Crippen molar-refractivity contribution in [2.75, 3.05) is 19.6 Å². The second-order valence-corrected chi connectivity index (χ2v) is 6.99. The highest BCUT2D eigenvalue weighted by Crippen LogP contribution is 2.22. The van der Waals surface area contributed by atoms with Gasteiger partial charge in [0, 0.05) is 36.6 Å². The van der Waals surface area contributed by atoms with Gasteiger partial charge >= 0.3 is 0 Å². The van der Waals surface area contributed by atoms with Gasteiger partial charge in [-0.3, -0.25) is 4.90 Å². The molecule has 1 N–H and O–H groups in total. The van der Waals surface area contributed by atoms with Gasteiger partial charge in [0.1, 0.15) is 0 Å². The maximum atomic E-state index is 5.97. The molecule has 1 aromatic heterocycles. The lowest BCUT2D eigenvalue weighted by Crippen LogP contribution is -2.55. The molecule has 2 unspecified atom stereocenters. The number of rotatable bonds is 5. The quantitative estimate of drug-likeness (QED) is 0.892. The van der Waals surface area contributed by atoms with Gasteiger partial charge in [-0.15, -0.1) is 11.3 Å². The molecule has 2 heterocycles. The van der Waals surface area contributed by atoms with Gasteiger partial charge in [0.05, 0.1) is 4.34 Å². The summed E-state index contributed by atoms with van der Waals surface area (Å²) in [6, 6.07) is 5.48. The molecular weight excluding hydrogens is 264 g/mol. The average Bonchev–Trinajstić information content (AvgIpc) is 2.76. The van der Waals surface area contributed by atoms with Crippen LogP contribution in [0.25, 0.3) is 0 Å². The molecule has 0 spiro atoms. The van der Waals surface area contributed by atoms with E-state index >= 15 is 0 Å². The van der Waals surface area contributed by atoms with Crippen molar-refractivity contribution in [3.05, 3.63) is 21.3 Å². The molecule has 0 aliphatic carbocycles. The minimum atomic E-state index is 0.647. The van der Waals surface area contributed by atoms with E-state index in [9.17, 15) is 0 Å². The summed E-state index contributed by atoms with van der Waals surface area (Å²) in [7, 11) is 0. The summed E-state index contributed by atoms with van der Waals surface area (Å²) >= 11 is 7.68. The Bertz CT molecular complexity index is 366. The highest BCUT2D eigenvalue weighted by molar-refractivity contribution is 7.16. The molecule has 102 valence electrons. The van der Waals surface area contributed by atoms with Crippen molar-refractivity contribution in [3.63, 3.8) is 0 Å². The lowest BCUT2D eigenvalue weighted by Gasteiger charge is -2.38. The molecule has 1 aliphatic heterocycles. The zero-order valence-electron chi connectivity index (χ0n) is 11.3. The van der Waals surface area contributed by atoms with Crippen LogP contribution in [0.3, 0.4) is 0 Å². The van der Waals surface area contributed by atoms with E-state index in [0.717, 1.165) is 23.8 Å². The number of piperazine rings is 1. The molecule has 0 saturated carbocycles. The number of hydrogen-bond acceptors (Lipinski definition) is 3. The van der Waals surface area contributed by atoms with Crippen LogP contribution >= 0.6 is 22.9 Å². The van der Waals surface area contributed by atoms with E-state index in [-0.39, 0.29) is 0 Å². The second-order valence-electron chi connectivity index (χ2n) is 5.19. The highest BCUT2D eigenvalue weighted by atomic mass is 35.5. The second kappa shape index (κ2) is 6.90. The van der Waals surface area contributed by atoms with Crippen LogP contribution in [0.2, 0.25) is 4.34 Å². The highest BCUT2D eigenvalue weighted by Gasteiger charge is 2.23. The monoisotopic (exact) mass is 286 g/mol. The maximum absolute atomic E-state index is 5.97. The molecule has 2 nitrogen and oxygen atoms in total. The van der Waals surface area contributed by atoms with Crippen LogP contribution in [0.5, 0.6) is 0 Å². The molecule has 0 aromatic carbocycles. The summed E-state index contributed by atoms with van der Waals surface area (Å²) < 4.78 is 0.905. The Hall–Kier alpha value is -0.0900. The molecule has 0 radical (unpaired) electrons. The minimum absolute atomic E-state index is 0.647. The summed E-state index contributed by atoms with van der Waals surface area (Å²) in [5, 5.41) is 3.64. The molecule has 0 bridgehead atoms. The Labute approximate surface area is 119 Å². The van der Waals surface area contributed by atoms with Gasteiger partial charge < -0.3 is 5.32 Å². The first kappa shape index (κ1) is 14.3. The fourth-order valence-corrected chi connectivity index (χ4v) is 3.66. The summed E-state index contributed by atoms with van der Waals surface area (Å²) in [5.74, 6) is 0. The first-order valence-corrected chi connectivity index (χ1v) is 8.10. The van der Waals surface area contributed by atoms with Crippen LogP contribution in [-0.4, -0.2) is 36.6 Å². The Morgan fingerprint density at radius 1 is 1.50 bits per heavy atom. The van der Waals surface area contributed by atoms with Gasteiger partial charge in [-0.1, -0.05) is 24.9 Å². The molecule has 2 atom stereocenters. The standard InChI is InChI=1S/C14H23ClN2S/c1-3-4-12-10-17(11(2)9-16-12)8-7-13-5-6-14(15)18-13/h5-6,11-12,16H,3-4,7-10H2,1-2H3. The van der Waals surface area contributed by atoms with Gasteiger partial charge in [0.15, 0.2) is 0 Å². The van der Waals surface area contributed by atoms with Gasteiger partial charge in [0.2, 0.25) is 0 Å². The summed E-state index contributed by atoms with van der Waals surface area (Å²) in [6.45, 7) is 8.04. The molecular formula is C14H23ClN2S. The number of hydrogen-bond donors (Lipinski definition) is 1. The maximum Gasteiger partial charge on any atom is 0.0931 e. The van der Waals surface area contributed by atoms with Crippen LogP contribution in [0, 0.1) is 0 Å². The topological polar surface area (TPSA) is 15.3 Å². The summed E-state index contributed by atoms with van der Waals surface area (Å²) in [6.07, 6.45) is 3.68. The summed E-state index contributed by atoms with van der Waals surface area (Å²) in [4.78, 5) is 4.02. The zero-order valence-corrected chi connectivity index (χ0v) is 12.9. The van der Waals surface area contributed by atoms with Gasteiger partial charge in [-0.05, 0) is 31.9 Å². The Morgan fingerprint density at radius 3 is 3.00 bits per heavy atom. The van der Waals surface area contributed by atoms with Crippen molar-refractivity contribution in [1.82, 2.24) is 10.2 Å². The van der Waals surface area contributed by atoms with Gasteiger partial charge in [-0.25, -0.2) is 0 Å². The molecule has 1 saturated heterocycles. The van der Waals surface area contributed by atoms with Crippen molar-refractivity contribution >= 4 is 22.9 Å². The van der Waals surface area contributed by atoms with Gasteiger partial charge in [0.25, 0.3) is 0 Å². The average molecular weight is 287 g/mol. The zero-order chi connectivity index (χ0) is 13.0. The number of nitrogens with zero attached hydrogens (tertiary/aromatic N) is 1. The molecule has 4 heteroatoms. The van der Waals surface area contributed by atoms with Crippen molar-refractivity contribution in [1.29, 1.82) is 0 Å². The van der Waals surface area contributed by atoms with Crippen molar-refractivity contribution in [2.24, 2.45) is 0 Å². The van der Waals surface area contributed by atoms with Crippen LogP contribution in [0.1, 0.15) is 31.6 Å². The minimum Gasteiger partial charge on any atom is -0.311 e. The lowest BCUT2D eigenvalue weighted by atomic mass is 10.1. The van der Waals surface area contributed by atoms with Crippen LogP contribution in [0.4, 0.5) is 0 Å². The smallest absolute Gasteiger partial charge is 0.0931 e. The number of halogens is 1. The Balaban J connectivity index is 1.82. The Kier molecular flexibility index (Phi) is 5.49. The van der Waals surface area contributed by atoms with E-state index in [0.29, 0.717) is 12.1 Å². The largest absolute Gasteiger partial charge is 0.311 e. The fraction of sp³-hybridized carbons (Fsp3) is 0.714. The molecule has 1 aromatic rings. The normalized spacial score (nSPS) is 25.5. The van der Waals surface area contributed by atoms with Crippen molar-refractivity contribution < 1.29 is 0 Å². The van der Waals surface area contributed by atoms with E-state index in [1.807, 2.05) is 6.07 Å². The van der Waals surface area contributed by atoms with Crippen molar-refractivity contribution in [2.45, 2.75) is 45.2 Å². The van der Waals surface area contributed by atoms with Crippen LogP contribution < -0.4 is 5.32 Å². The fourth-order valence-electron chi connectivity index (χ4n) is 2.59. The van der Waals surface area contributed by atoms with E-state index in [1.54, 1.807) is 11.3 Å². The van der Waals surface area contributed by atoms with Crippen LogP contribution in [-0.2, 0) is 6.42 Å². The molecule has 2 rings (SSSR count). The Morgan fingerprint density at radius 2 is 2.33 bits per heavy atom. The van der Waals surface area contributed by atoms with Gasteiger partial charge in [-0.2, -0.15) is 0 Å². The molecule has 0 amide bonds. The predicted octanol–water partition coefficient (Wildman–Crippen LogP) is 3.41. The third kappa shape index (κ3) is 3.95. The van der Waals surface area contributed by atoms with Crippen LogP contribution in [0.15, 0.2) is 12.1 Å². The van der Waals surface area contributed by atoms with Crippen molar-refractivity contribution in [3.8, 4) is 0 Å². The van der Waals surface area contributed by atoms with E-state index < -0.39 is 0 Å². The first-order valence-electron chi connectivity index (χ1n) is 6.90. The predicted molar refractivity (Wildman–Crippen MR) is 80.8 cm³/mol. The summed E-state index contributed by atoms with van der Waals surface area (Å²) in [5.41, 5.74) is 0. The lowest BCUT2D eigenvalue weighted by molar-refractivity contribution is 0.139. The third-order valence-electron chi connectivity index (χ3n) is 3.69. The molecule has 1 fully saturated rings. The first-order chi connectivity index (χ1) is 8.69. The molecule has 18 heavy (non-hydrogen) atoms. The van der Waals surface area contributed by atoms with E-state index in [1.165, 1.54) is 24.3 Å². The van der Waals surface area contributed by atoms with E-state index in [4.69, 9.17) is 11.6 Å². The molecule has 1 aliphatic rings.